The van der Waals surface area contributed by atoms with Gasteiger partial charge in [-0.15, -0.1) is 0 Å². The summed E-state index contributed by atoms with van der Waals surface area (Å²) >= 11 is 0. The lowest BCUT2D eigenvalue weighted by Gasteiger charge is -2.01. The van der Waals surface area contributed by atoms with Crippen LogP contribution in [0, 0.1) is 0 Å². The lowest BCUT2D eigenvalue weighted by molar-refractivity contribution is 0.0696. The van der Waals surface area contributed by atoms with Gasteiger partial charge in [-0.3, -0.25) is 0 Å². The maximum Gasteiger partial charge on any atom is 0.335 e. The van der Waals surface area contributed by atoms with Crippen LogP contribution < -0.4 is 0 Å². The maximum atomic E-state index is 10.8. The Kier molecular flexibility index (Phi) is 3.26. The summed E-state index contributed by atoms with van der Waals surface area (Å²) in [6.45, 7) is 1.92. The molecule has 0 aliphatic heterocycles. The molecule has 1 N–H and O–H groups in total. The van der Waals surface area contributed by atoms with Crippen molar-refractivity contribution in [3.05, 3.63) is 47.5 Å². The quantitative estimate of drug-likeness (QED) is 0.718. The summed E-state index contributed by atoms with van der Waals surface area (Å²) in [6.07, 6.45) is 4.54. The minimum absolute atomic E-state index is 0.389. The number of carboxylic acids is 1. The zero-order valence-electron chi connectivity index (χ0n) is 7.53. The summed E-state index contributed by atoms with van der Waals surface area (Å²) in [7, 11) is 0. The van der Waals surface area contributed by atoms with Gasteiger partial charge >= 0.3 is 5.97 Å². The van der Waals surface area contributed by atoms with E-state index < -0.39 is 5.97 Å². The van der Waals surface area contributed by atoms with Crippen LogP contribution >= 0.6 is 0 Å². The van der Waals surface area contributed by atoms with Crippen molar-refractivity contribution in [1.82, 2.24) is 0 Å². The highest BCUT2D eigenvalue weighted by Crippen LogP contribution is 2.09. The molecule has 0 aliphatic carbocycles. The van der Waals surface area contributed by atoms with Gasteiger partial charge in [-0.05, 0) is 25.0 Å². The van der Waals surface area contributed by atoms with E-state index in [-0.39, 0.29) is 0 Å². The number of hydrogen-bond acceptors (Lipinski definition) is 1. The molecule has 0 aliphatic rings. The van der Waals surface area contributed by atoms with E-state index >= 15 is 0 Å². The Morgan fingerprint density at radius 1 is 1.46 bits per heavy atom. The molecule has 68 valence electrons. The van der Waals surface area contributed by atoms with Crippen LogP contribution in [0.1, 0.15) is 22.8 Å². The summed E-state index contributed by atoms with van der Waals surface area (Å²) in [4.78, 5) is 10.8. The number of carbonyl (C=O) groups is 1. The second-order valence-electron chi connectivity index (χ2n) is 2.74. The molecule has 1 rings (SSSR count). The number of aromatic carboxylic acids is 1. The summed E-state index contributed by atoms with van der Waals surface area (Å²) in [5, 5.41) is 8.84. The minimum atomic E-state index is -0.861. The molecule has 0 spiro atoms. The summed E-state index contributed by atoms with van der Waals surface area (Å²) in [5.41, 5.74) is 1.24. The number of rotatable bonds is 3. The third-order valence-electron chi connectivity index (χ3n) is 1.82. The predicted octanol–water partition coefficient (Wildman–Crippen LogP) is 2.50. The second kappa shape index (κ2) is 4.45. The summed E-state index contributed by atoms with van der Waals surface area (Å²) < 4.78 is 0. The third kappa shape index (κ3) is 2.44. The molecule has 0 bridgehead atoms. The molecule has 0 amide bonds. The SMILES string of the molecule is C/C=C/Cc1ccccc1C(=O)O. The smallest absolute Gasteiger partial charge is 0.335 e. The normalized spacial score (nSPS) is 10.5. The highest BCUT2D eigenvalue weighted by Gasteiger charge is 2.06. The molecular formula is C11H12O2. The minimum Gasteiger partial charge on any atom is -0.478 e. The Morgan fingerprint density at radius 2 is 2.15 bits per heavy atom. The average Bonchev–Trinajstić information content (AvgIpc) is 2.15. The van der Waals surface area contributed by atoms with Gasteiger partial charge in [0.25, 0.3) is 0 Å². The predicted molar refractivity (Wildman–Crippen MR) is 51.9 cm³/mol. The fourth-order valence-electron chi connectivity index (χ4n) is 1.15. The van der Waals surface area contributed by atoms with E-state index in [2.05, 4.69) is 0 Å². The maximum absolute atomic E-state index is 10.8. The molecule has 0 saturated carbocycles. The lowest BCUT2D eigenvalue weighted by atomic mass is 10.0. The molecule has 0 radical (unpaired) electrons. The fraction of sp³-hybridized carbons (Fsp3) is 0.182. The third-order valence-corrected chi connectivity index (χ3v) is 1.82. The van der Waals surface area contributed by atoms with Crippen LogP contribution in [0.3, 0.4) is 0 Å². The van der Waals surface area contributed by atoms with Gasteiger partial charge in [-0.2, -0.15) is 0 Å². The van der Waals surface area contributed by atoms with Gasteiger partial charge in [0.05, 0.1) is 5.56 Å². The number of hydrogen-bond donors (Lipinski definition) is 1. The van der Waals surface area contributed by atoms with E-state index in [9.17, 15) is 4.79 Å². The van der Waals surface area contributed by atoms with E-state index in [1.165, 1.54) is 0 Å². The first-order valence-corrected chi connectivity index (χ1v) is 4.18. The van der Waals surface area contributed by atoms with Crippen LogP contribution in [0.4, 0.5) is 0 Å². The Labute approximate surface area is 77.5 Å². The van der Waals surface area contributed by atoms with Gasteiger partial charge < -0.3 is 5.11 Å². The van der Waals surface area contributed by atoms with Crippen molar-refractivity contribution in [2.24, 2.45) is 0 Å². The fourth-order valence-corrected chi connectivity index (χ4v) is 1.15. The molecule has 0 fully saturated rings. The zero-order chi connectivity index (χ0) is 9.68. The Balaban J connectivity index is 2.97. The monoisotopic (exact) mass is 176 g/mol. The van der Waals surface area contributed by atoms with E-state index in [0.29, 0.717) is 12.0 Å². The van der Waals surface area contributed by atoms with Crippen molar-refractivity contribution in [2.45, 2.75) is 13.3 Å². The van der Waals surface area contributed by atoms with Gasteiger partial charge in [0.2, 0.25) is 0 Å². The molecule has 2 heteroatoms. The number of benzene rings is 1. The Bertz CT molecular complexity index is 327. The molecule has 1 aromatic rings. The first-order valence-electron chi connectivity index (χ1n) is 4.18. The molecular weight excluding hydrogens is 164 g/mol. The largest absolute Gasteiger partial charge is 0.478 e. The molecule has 0 aromatic heterocycles. The Morgan fingerprint density at radius 3 is 2.77 bits per heavy atom. The topological polar surface area (TPSA) is 37.3 Å². The second-order valence-corrected chi connectivity index (χ2v) is 2.74. The van der Waals surface area contributed by atoms with Crippen molar-refractivity contribution in [3.63, 3.8) is 0 Å². The van der Waals surface area contributed by atoms with E-state index in [4.69, 9.17) is 5.11 Å². The summed E-state index contributed by atoms with van der Waals surface area (Å²) in [6, 6.07) is 7.05. The number of carboxylic acid groups (broad SMARTS) is 1. The first kappa shape index (κ1) is 9.52. The van der Waals surface area contributed by atoms with E-state index in [1.807, 2.05) is 31.2 Å². The van der Waals surface area contributed by atoms with Crippen LogP contribution in [0.15, 0.2) is 36.4 Å². The zero-order valence-corrected chi connectivity index (χ0v) is 7.53. The molecule has 0 unspecified atom stereocenters. The molecule has 0 heterocycles. The van der Waals surface area contributed by atoms with Crippen molar-refractivity contribution in [3.8, 4) is 0 Å². The van der Waals surface area contributed by atoms with Crippen molar-refractivity contribution >= 4 is 5.97 Å². The van der Waals surface area contributed by atoms with Crippen LogP contribution in [0.2, 0.25) is 0 Å². The van der Waals surface area contributed by atoms with Crippen molar-refractivity contribution in [1.29, 1.82) is 0 Å². The molecule has 0 saturated heterocycles. The van der Waals surface area contributed by atoms with Crippen LogP contribution in [-0.2, 0) is 6.42 Å². The standard InChI is InChI=1S/C11H12O2/c1-2-3-6-9-7-4-5-8-10(9)11(12)13/h2-5,7-8H,6H2,1H3,(H,12,13)/b3-2+. The molecule has 0 atom stereocenters. The van der Waals surface area contributed by atoms with E-state index in [0.717, 1.165) is 5.56 Å². The first-order chi connectivity index (χ1) is 6.25. The van der Waals surface area contributed by atoms with Gasteiger partial charge in [-0.1, -0.05) is 30.4 Å². The highest BCUT2D eigenvalue weighted by atomic mass is 16.4. The van der Waals surface area contributed by atoms with Gasteiger partial charge in [0, 0.05) is 0 Å². The van der Waals surface area contributed by atoms with Gasteiger partial charge in [0.15, 0.2) is 0 Å². The van der Waals surface area contributed by atoms with Crippen LogP contribution in [0.5, 0.6) is 0 Å². The molecule has 13 heavy (non-hydrogen) atoms. The molecule has 1 aromatic carbocycles. The van der Waals surface area contributed by atoms with Gasteiger partial charge in [0.1, 0.15) is 0 Å². The van der Waals surface area contributed by atoms with Crippen LogP contribution in [0.25, 0.3) is 0 Å². The average molecular weight is 176 g/mol. The Hall–Kier alpha value is -1.57. The van der Waals surface area contributed by atoms with Crippen LogP contribution in [-0.4, -0.2) is 11.1 Å². The summed E-state index contributed by atoms with van der Waals surface area (Å²) in [5.74, 6) is -0.861. The lowest BCUT2D eigenvalue weighted by Crippen LogP contribution is -2.00. The number of allylic oxidation sites excluding steroid dienone is 2. The molecule has 2 nitrogen and oxygen atoms in total. The van der Waals surface area contributed by atoms with E-state index in [1.54, 1.807) is 12.1 Å². The van der Waals surface area contributed by atoms with Crippen molar-refractivity contribution < 1.29 is 9.90 Å². The highest BCUT2D eigenvalue weighted by molar-refractivity contribution is 5.89. The van der Waals surface area contributed by atoms with Gasteiger partial charge in [-0.25, -0.2) is 4.79 Å². The van der Waals surface area contributed by atoms with Crippen molar-refractivity contribution in [2.75, 3.05) is 0 Å².